The summed E-state index contributed by atoms with van der Waals surface area (Å²) in [6.45, 7) is 5.40. The van der Waals surface area contributed by atoms with E-state index in [0.717, 1.165) is 111 Å². The molecule has 0 amide bonds. The molecule has 0 saturated heterocycles. The quantitative estimate of drug-likeness (QED) is 0.00675. The average Bonchev–Trinajstić information content (AvgIpc) is 0.831. The van der Waals surface area contributed by atoms with Crippen molar-refractivity contribution in [1.82, 2.24) is 64.8 Å². The fourth-order valence-corrected chi connectivity index (χ4v) is 13.2. The predicted octanol–water partition coefficient (Wildman–Crippen LogP) is 14.9. The maximum absolute atomic E-state index is 12.6. The predicted molar refractivity (Wildman–Crippen MR) is 522 cm³/mol. The van der Waals surface area contributed by atoms with Gasteiger partial charge in [0, 0.05) is 258 Å². The maximum Gasteiger partial charge on any atom is 1.00 e. The molecule has 13 aromatic heterocycles. The number of rotatable bonds is 25. The monoisotopic (exact) mass is 2050 g/mol. The van der Waals surface area contributed by atoms with Gasteiger partial charge in [-0.25, -0.2) is 19.2 Å². The van der Waals surface area contributed by atoms with E-state index in [4.69, 9.17) is 29.9 Å². The van der Waals surface area contributed by atoms with E-state index >= 15 is 0 Å². The molecule has 678 valence electrons. The number of esters is 3. The Morgan fingerprint density at radius 3 is 1.10 bits per heavy atom. The number of unbranched alkanes of at least 4 members (excludes halogenated alkanes) is 2. The van der Waals surface area contributed by atoms with Crippen molar-refractivity contribution in [2.45, 2.75) is 51.8 Å². The summed E-state index contributed by atoms with van der Waals surface area (Å²) in [4.78, 5) is 122. The maximum atomic E-state index is 12.6. The molecule has 2 aromatic carbocycles. The molecule has 0 aliphatic rings. The number of allylic oxidation sites excluding steroid dienone is 1. The summed E-state index contributed by atoms with van der Waals surface area (Å²) in [6.07, 6.45) is 46.3. The molecule has 6 N–H and O–H groups in total. The number of pyridine rings is 13. The molecule has 0 unspecified atom stereocenters. The minimum absolute atomic E-state index is 0. The third-order valence-electron chi connectivity index (χ3n) is 17.8. The third kappa shape index (κ3) is 38.0. The number of alkyl halides is 1. The number of carboxylic acids is 1. The summed E-state index contributed by atoms with van der Waals surface area (Å²) in [7, 11) is 3.72. The Labute approximate surface area is 823 Å². The second kappa shape index (κ2) is 61.2. The van der Waals surface area contributed by atoms with E-state index in [2.05, 4.69) is 160 Å². The first-order valence-corrected chi connectivity index (χ1v) is 42.7. The van der Waals surface area contributed by atoms with Crippen molar-refractivity contribution < 1.29 is 103 Å². The minimum Gasteiger partial charge on any atom is -1.00 e. The fourth-order valence-electron chi connectivity index (χ4n) is 11.3. The Morgan fingerprint density at radius 2 is 0.701 bits per heavy atom. The molecule has 0 spiro atoms. The van der Waals surface area contributed by atoms with Gasteiger partial charge in [0.15, 0.2) is 11.6 Å². The number of ketones is 2. The van der Waals surface area contributed by atoms with Crippen LogP contribution in [0.4, 0.5) is 0 Å². The van der Waals surface area contributed by atoms with E-state index in [0.29, 0.717) is 72.6 Å². The van der Waals surface area contributed by atoms with E-state index in [1.807, 2.05) is 103 Å². The molecule has 0 atom stereocenters. The normalized spacial score (nSPS) is 9.73. The molecule has 0 saturated carbocycles. The number of aromatic carboxylic acids is 1. The summed E-state index contributed by atoms with van der Waals surface area (Å²) >= 11 is 13.1. The Bertz CT molecular complexity index is 6210. The molecular weight excluding hydrogens is 1970 g/mol. The van der Waals surface area contributed by atoms with Gasteiger partial charge in [0.2, 0.25) is 0 Å². The molecule has 38 heteroatoms. The second-order valence-corrected chi connectivity index (χ2v) is 30.3. The standard InChI is InChI=1S/C26H26N2O2.C17H13N3O2.C16H11N3O2.C12H9BrN2O2.C7H8BBrO2.C7H7BNO4.C5H5BNO2.C5H3Br2N.CH4.Li.H2O.H/c1-19(2)25(29)11-7-4-8-12-26(30)24-14-23(17-28-18-24)22-13-21(15-27-16-22)20-9-5-3-6-10-20;1-22-17(21)16-6-15(10-20-11-16)14-5-13(8-19-9-14)12-3-2-4-18-7-12;20-16(21)15-5-14(9-19-10-15)13-4-12(7-18-8-13)11-2-1-3-17-6-11;1-17-12(16)10-2-8(4-14-6-10)9-3-11(13)7-15-5-9;9-5-6-3-1-2-4-7(6)8(10)11;1-12-7(10)5-2-6(13-8-11)4-9-3-5;8-6-9-5-2-1-3-7-4-5;6-4-1-5(7)3-8-2-4;;;;/h3,5-6,9-10,13-18H,1,4,7-8,11-12H2,2H3;2-11H,1H3;1-10H,(H,20,21);2-7H,1H3;1-4,10-11H,5H2;2-4,11H,1H3;1-4,8H;1-3H;1H4;;1H2;/q;;;;;;;;;+1;;-1/p-1/i;;;;;;;;;;;1+2. The summed E-state index contributed by atoms with van der Waals surface area (Å²) in [6, 6.07) is 46.5. The minimum atomic E-state index is -1.37. The molecule has 0 aliphatic heterocycles. The van der Waals surface area contributed by atoms with Gasteiger partial charge in [-0.15, -0.1) is 0 Å². The van der Waals surface area contributed by atoms with Crippen molar-refractivity contribution >= 4 is 127 Å². The van der Waals surface area contributed by atoms with Crippen LogP contribution in [0.25, 0.3) is 77.9 Å². The molecule has 15 aromatic rings. The Balaban J connectivity index is 0.000000332. The van der Waals surface area contributed by atoms with Crippen molar-refractivity contribution in [2.24, 2.45) is 0 Å². The number of halogens is 4. The van der Waals surface area contributed by atoms with Crippen LogP contribution in [0.2, 0.25) is 0 Å². The van der Waals surface area contributed by atoms with Gasteiger partial charge < -0.3 is 55.6 Å². The molecule has 0 fully saturated rings. The molecule has 0 bridgehead atoms. The van der Waals surface area contributed by atoms with Gasteiger partial charge >= 0.3 is 65.2 Å². The number of benzene rings is 2. The summed E-state index contributed by atoms with van der Waals surface area (Å²) < 4.78 is 25.9. The molecule has 2 radical (unpaired) electrons. The number of hydrogen-bond donors (Lipinski definition) is 5. The Morgan fingerprint density at radius 1 is 0.373 bits per heavy atom. The van der Waals surface area contributed by atoms with Crippen LogP contribution in [0.15, 0.2) is 338 Å². The van der Waals surface area contributed by atoms with Gasteiger partial charge in [-0.3, -0.25) is 74.4 Å². The third-order valence-corrected chi connectivity index (χ3v) is 19.7. The van der Waals surface area contributed by atoms with Crippen LogP contribution in [0.1, 0.15) is 105 Å². The number of ether oxygens (including phenoxy) is 3. The zero-order valence-corrected chi connectivity index (χ0v) is 78.5. The topological polar surface area (TPSA) is 447 Å². The summed E-state index contributed by atoms with van der Waals surface area (Å²) in [5.74, 6) is -1.35. The number of methoxy groups -OCH3 is 3. The number of carbonyl (C=O) groups excluding carboxylic acids is 5. The fraction of sp³-hybridized carbons (Fsp3) is 0.115. The van der Waals surface area contributed by atoms with Crippen molar-refractivity contribution in [2.75, 3.05) is 21.3 Å². The van der Waals surface area contributed by atoms with E-state index in [1.54, 1.807) is 167 Å². The summed E-state index contributed by atoms with van der Waals surface area (Å²) in [5.41, 5.74) is 16.6. The zero-order valence-electron chi connectivity index (χ0n) is 73.1. The number of aromatic nitrogens is 13. The SMILES string of the molecule is Brc1cncc(Br)c1.C.C=C(C)C(=O)CCCCCC(=O)c1cncc(-c2cncc(-c3ccccc3)c2)c1.COC(=O)c1cncc(-c2cncc(-c3cccnc3)c2)c1.COC(=O)c1cncc(-c2cncc(Br)c2)c1.COC(=O)c1cncc(O[B]O)c1.O=C(O)c1cncc(-c2cncc(-c3cccnc3)c2)c1.OB(O)c1ccccc1CBr.O[B]Oc1cccnc1.[3H-].[Li+].[OH-]. The first kappa shape index (κ1) is 111. The van der Waals surface area contributed by atoms with Gasteiger partial charge in [0.25, 0.3) is 0 Å². The van der Waals surface area contributed by atoms with Crippen LogP contribution >= 0.6 is 63.7 Å². The number of Topliss-reactive ketones (excluding diaryl/α,β-unsaturated/α-hetero) is 2. The number of carbonyl (C=O) groups is 6. The smallest absolute Gasteiger partial charge is 1.00 e. The number of hydrogen-bond acceptors (Lipinski definition) is 29. The second-order valence-electron chi connectivity index (χ2n) is 27.0. The van der Waals surface area contributed by atoms with E-state index < -0.39 is 31.0 Å². The van der Waals surface area contributed by atoms with Crippen LogP contribution in [-0.2, 0) is 24.3 Å². The van der Waals surface area contributed by atoms with E-state index in [-0.39, 0.29) is 61.6 Å². The Hall–Kier alpha value is -13.5. The van der Waals surface area contributed by atoms with Gasteiger partial charge in [0.1, 0.15) is 11.5 Å². The Kier molecular flexibility index (Phi) is 50.7. The van der Waals surface area contributed by atoms with Crippen molar-refractivity contribution in [3.63, 3.8) is 0 Å². The van der Waals surface area contributed by atoms with Gasteiger partial charge in [0.05, 0.1) is 56.0 Å². The zero-order chi connectivity index (χ0) is 94.1. The van der Waals surface area contributed by atoms with Crippen LogP contribution in [0, 0.1) is 0 Å². The largest absolute Gasteiger partial charge is 1.00 e. The number of carboxylic acid groups (broad SMARTS) is 1. The average molecular weight is 2060 g/mol. The molecule has 13 heterocycles. The van der Waals surface area contributed by atoms with Crippen LogP contribution in [0.5, 0.6) is 11.5 Å². The van der Waals surface area contributed by atoms with Crippen molar-refractivity contribution in [3.8, 4) is 89.4 Å². The molecule has 0 aliphatic carbocycles. The molecule has 134 heavy (non-hydrogen) atoms. The van der Waals surface area contributed by atoms with Gasteiger partial charge in [-0.2, -0.15) is 0 Å². The van der Waals surface area contributed by atoms with Gasteiger partial charge in [-0.05, 0) is 175 Å². The number of nitrogens with zero attached hydrogens (tertiary/aromatic N) is 13. The van der Waals surface area contributed by atoms with Crippen LogP contribution in [0.3, 0.4) is 0 Å². The van der Waals surface area contributed by atoms with Crippen LogP contribution < -0.4 is 33.6 Å². The van der Waals surface area contributed by atoms with Crippen LogP contribution in [-0.4, -0.2) is 175 Å². The van der Waals surface area contributed by atoms with Gasteiger partial charge in [-0.1, -0.05) is 103 Å². The first-order chi connectivity index (χ1) is 63.5. The summed E-state index contributed by atoms with van der Waals surface area (Å²) in [5, 5.41) is 43.9. The van der Waals surface area contributed by atoms with Crippen molar-refractivity contribution in [1.29, 1.82) is 0 Å². The molecular formula is C96H88B3Br4LiN13O17-. The molecule has 15 rings (SSSR count). The van der Waals surface area contributed by atoms with E-state index in [1.165, 1.54) is 64.6 Å². The van der Waals surface area contributed by atoms with E-state index in [9.17, 15) is 28.8 Å². The molecule has 30 nitrogen and oxygen atoms in total. The first-order valence-electron chi connectivity index (χ1n) is 39.2. The van der Waals surface area contributed by atoms with Crippen molar-refractivity contribution in [3.05, 3.63) is 372 Å².